The second-order valence-corrected chi connectivity index (χ2v) is 37.3. The second kappa shape index (κ2) is 52.8. The van der Waals surface area contributed by atoms with E-state index in [4.69, 9.17) is 109 Å². The van der Waals surface area contributed by atoms with E-state index in [2.05, 4.69) is 26.6 Å². The van der Waals surface area contributed by atoms with Gasteiger partial charge in [0.15, 0.2) is 75.5 Å². The predicted molar refractivity (Wildman–Crippen MR) is 452 cm³/mol. The lowest BCUT2D eigenvalue weighted by atomic mass is 9.93. The van der Waals surface area contributed by atoms with Gasteiger partial charge in [-0.15, -0.1) is 0 Å². The summed E-state index contributed by atoms with van der Waals surface area (Å²) >= 11 is 0. The molecule has 0 aromatic carbocycles. The zero-order chi connectivity index (χ0) is 108. The van der Waals surface area contributed by atoms with Crippen molar-refractivity contribution in [2.24, 2.45) is 0 Å². The molecule has 5 amide bonds. The number of amides is 5. The number of rotatable bonds is 38. The fourth-order valence-electron chi connectivity index (χ4n) is 19.3. The van der Waals surface area contributed by atoms with Gasteiger partial charge in [0, 0.05) is 34.6 Å². The first-order valence-corrected chi connectivity index (χ1v) is 47.0. The third-order valence-electron chi connectivity index (χ3n) is 27.1. The van der Waals surface area contributed by atoms with Gasteiger partial charge in [-0.05, 0) is 6.92 Å². The summed E-state index contributed by atoms with van der Waals surface area (Å²) in [5.74, 6) is -4.70. The molecule has 0 bridgehead atoms. The number of nitrogens with one attached hydrogen (secondary N) is 5. The number of ether oxygens (including phenoxy) is 23. The van der Waals surface area contributed by atoms with Gasteiger partial charge < -0.3 is 299 Å². The van der Waals surface area contributed by atoms with E-state index in [0.29, 0.717) is 0 Å². The summed E-state index contributed by atoms with van der Waals surface area (Å²) in [4.78, 5) is 64.6. The van der Waals surface area contributed by atoms with E-state index in [1.165, 1.54) is 6.92 Å². The molecule has 0 spiro atoms. The maximum absolute atomic E-state index is 13.0. The van der Waals surface area contributed by atoms with Crippen LogP contribution in [-0.4, -0.2) is 634 Å². The van der Waals surface area contributed by atoms with Crippen molar-refractivity contribution >= 4 is 29.5 Å². The highest BCUT2D eigenvalue weighted by molar-refractivity contribution is 5.75. The van der Waals surface area contributed by atoms with Crippen LogP contribution in [0.2, 0.25) is 0 Å². The van der Waals surface area contributed by atoms with Crippen molar-refractivity contribution in [1.29, 1.82) is 0 Å². The van der Waals surface area contributed by atoms with Crippen molar-refractivity contribution in [2.45, 2.75) is 410 Å². The number of hydrogen-bond donors (Lipinski definition) is 37. The molecule has 12 saturated heterocycles. The molecule has 12 aliphatic rings. The molecule has 37 N–H and O–H groups in total. The van der Waals surface area contributed by atoms with E-state index in [0.717, 1.165) is 34.6 Å². The molecule has 147 heavy (non-hydrogen) atoms. The van der Waals surface area contributed by atoms with Crippen LogP contribution in [0.15, 0.2) is 0 Å². The standard InChI is InChI=1S/C82H137N5O60/c1-18-40(103)52(115)56(119)77(126-18)147-70-55(118)42(105)25(8-89)132-82(70)142-65-33(16-97)136-75(38(51(65)114)86-22(5)101)145-68-46(109)28(11-92)131-81(60(68)123)141-64-32(15-96)137-76(39(50(64)113)87-23(6)102)146-69-54(117)43(106)34(127-71(69)124)17-125-72-35(83-19(2)98)47(110)61(29(12-93)133-72)139-79-58(121)66(44(107)26(9-90)129-79)144-74-37(85-21(4)100)49(112)63(31(14-95)135-74)140-80-59(122)67(45(108)27(10-91)130-80)143-73-36(84-20(3)99)48(111)62(30(13-94)134-73)138-78-57(120)53(116)41(104)24(7-88)128-78/h18,24-82,88-97,103-124H,7-17H2,1-6H3,(H,83,98)(H,84,99)(H,85,100)(H,86,101)(H,87,102)/t18-,24+,25+,26+,27+,28+,29+,30+,31+,32+,33+,34+,35+,36+,37+,38+,39-,40+,41-,42-,43+,44-,45-,46-,47+,48+,49+,50+,51+,52+,53-,54-,55-,56-,57+,58+,59+,60+,61+,62+,63+,64+,65+,66-,67-,68-,69-,70+,71-,72+,73-,74-,75-,76-,77-,78-,79-,80-,81-,82-/m0/s1. The van der Waals surface area contributed by atoms with E-state index in [9.17, 15) is 187 Å². The lowest BCUT2D eigenvalue weighted by molar-refractivity contribution is -0.392. The van der Waals surface area contributed by atoms with Crippen LogP contribution in [0, 0.1) is 0 Å². The Morgan fingerprint density at radius 3 is 0.701 bits per heavy atom. The van der Waals surface area contributed by atoms with Crippen LogP contribution >= 0.6 is 0 Å². The first-order valence-electron chi connectivity index (χ1n) is 47.0. The van der Waals surface area contributed by atoms with Gasteiger partial charge in [0.05, 0.1) is 78.8 Å². The average molecular weight is 2150 g/mol. The molecule has 12 rings (SSSR count). The van der Waals surface area contributed by atoms with Gasteiger partial charge >= 0.3 is 0 Å². The molecule has 0 unspecified atom stereocenters. The first-order chi connectivity index (χ1) is 69.6. The molecule has 60 atom stereocenters. The highest BCUT2D eigenvalue weighted by Crippen LogP contribution is 2.43. The topological polar surface area (TPSA) is 1010 Å². The fourth-order valence-corrected chi connectivity index (χ4v) is 19.3. The number of aliphatic hydroxyl groups is 32. The predicted octanol–water partition coefficient (Wildman–Crippen LogP) is -25.4. The summed E-state index contributed by atoms with van der Waals surface area (Å²) in [5.41, 5.74) is 0. The van der Waals surface area contributed by atoms with Gasteiger partial charge in [0.1, 0.15) is 287 Å². The average Bonchev–Trinajstić information content (AvgIpc) is 0.767. The minimum atomic E-state index is -2.41. The van der Waals surface area contributed by atoms with E-state index in [1.54, 1.807) is 0 Å². The molecular weight excluding hydrogens is 2010 g/mol. The minimum Gasteiger partial charge on any atom is -0.394 e. The quantitative estimate of drug-likeness (QED) is 0.0273. The summed E-state index contributed by atoms with van der Waals surface area (Å²) in [6.45, 7) is -6.09. The Labute approximate surface area is 832 Å². The van der Waals surface area contributed by atoms with Crippen molar-refractivity contribution in [2.75, 3.05) is 72.7 Å². The van der Waals surface area contributed by atoms with Crippen LogP contribution in [0.4, 0.5) is 0 Å². The van der Waals surface area contributed by atoms with E-state index < -0.39 is 470 Å². The number of aliphatic hydroxyl groups excluding tert-OH is 32. The Hall–Kier alpha value is -4.85. The Morgan fingerprint density at radius 1 is 0.190 bits per heavy atom. The molecule has 0 aromatic rings. The molecule has 65 nitrogen and oxygen atoms in total. The van der Waals surface area contributed by atoms with Crippen molar-refractivity contribution in [3.8, 4) is 0 Å². The van der Waals surface area contributed by atoms with Crippen LogP contribution in [0.5, 0.6) is 0 Å². The second-order valence-electron chi connectivity index (χ2n) is 37.3. The van der Waals surface area contributed by atoms with Crippen LogP contribution in [0.25, 0.3) is 0 Å². The molecular formula is C82H137N5O60. The summed E-state index contributed by atoms with van der Waals surface area (Å²) in [6, 6.07) is -9.53. The van der Waals surface area contributed by atoms with Gasteiger partial charge in [0.25, 0.3) is 0 Å². The number of carbonyl (C=O) groups excluding carboxylic acids is 5. The van der Waals surface area contributed by atoms with Crippen molar-refractivity contribution in [3.05, 3.63) is 0 Å². The van der Waals surface area contributed by atoms with Crippen LogP contribution in [-0.2, 0) is 133 Å². The van der Waals surface area contributed by atoms with Crippen molar-refractivity contribution < 1.29 is 296 Å². The zero-order valence-electron chi connectivity index (χ0n) is 79.2. The summed E-state index contributed by atoms with van der Waals surface area (Å²) in [5, 5.41) is 369. The molecule has 0 radical (unpaired) electrons. The molecule has 12 aliphatic heterocycles. The van der Waals surface area contributed by atoms with Gasteiger partial charge in [-0.1, -0.05) is 0 Å². The SMILES string of the molecule is CC(=O)N[C@@H]1[C@H](O[C@H]2[C@@H](O)[C@H](O)[C@@H](CO[C@@H]3O[C@H](CO)[C@@H](O[C@@H]4O[C@H](CO)[C@H](O)[C@H](O[C@@H]5O[C@H](CO)[C@@H](O[C@@H]6O[C@H](CO)[C@H](O)[C@H](O[C@@H]7O[C@H](CO)[C@@H](O[C@@H]8O[C@H](CO)[C@H](O)[C@H](O)[C@H]8O)[C@H](O)[C@H]7NC(C)=O)[C@H]6O)[C@H](O)[C@H]5NC(C)=O)[C@H]4O)[C@H](O)[C@H]3NC(C)=O)O[C@@H]2O)O[C@H](CO)[C@@H](O[C@@H]2O[C@H](CO)[C@H](O)[C@H](O[C@@H]3O[C@H](CO)[C@@H](O[C@@H]4O[C@H](CO)[C@H](O)[C@H](O)[C@H]4O[C@@H]4O[C@@H](C)[C@@H](O)[C@@H](O)[C@@H]4O)[C@H](O)[C@H]3NC(C)=O)[C@H]2O)[C@@H]1O. The van der Waals surface area contributed by atoms with Gasteiger partial charge in [-0.25, -0.2) is 0 Å². The monoisotopic (exact) mass is 2150 g/mol. The van der Waals surface area contributed by atoms with Gasteiger partial charge in [-0.3, -0.25) is 24.0 Å². The Balaban J connectivity index is 0.678. The molecule has 850 valence electrons. The first kappa shape index (κ1) is 121. The fraction of sp³-hybridized carbons (Fsp3) is 0.939. The van der Waals surface area contributed by atoms with Gasteiger partial charge in [-0.2, -0.15) is 0 Å². The number of carbonyl (C=O) groups is 5. The lowest BCUT2D eigenvalue weighted by Gasteiger charge is -2.51. The maximum atomic E-state index is 13.0. The van der Waals surface area contributed by atoms with Crippen LogP contribution in [0.3, 0.4) is 0 Å². The van der Waals surface area contributed by atoms with E-state index in [1.807, 2.05) is 0 Å². The van der Waals surface area contributed by atoms with Gasteiger partial charge in [0.2, 0.25) is 29.5 Å². The Bertz CT molecular complexity index is 4110. The van der Waals surface area contributed by atoms with E-state index in [-0.39, 0.29) is 0 Å². The minimum absolute atomic E-state index is 0.892. The van der Waals surface area contributed by atoms with E-state index >= 15 is 0 Å². The molecule has 12 heterocycles. The highest BCUT2D eigenvalue weighted by atomic mass is 16.8. The normalized spacial score (nSPS) is 49.6. The maximum Gasteiger partial charge on any atom is 0.217 e. The molecule has 0 aromatic heterocycles. The molecule has 65 heteroatoms. The summed E-state index contributed by atoms with van der Waals surface area (Å²) < 4.78 is 135. The third-order valence-corrected chi connectivity index (χ3v) is 27.1. The van der Waals surface area contributed by atoms with Crippen LogP contribution in [0.1, 0.15) is 41.5 Å². The Kier molecular flexibility index (Phi) is 43.4. The van der Waals surface area contributed by atoms with Crippen molar-refractivity contribution in [3.63, 3.8) is 0 Å². The zero-order valence-corrected chi connectivity index (χ0v) is 79.2. The lowest BCUT2D eigenvalue weighted by Crippen LogP contribution is -2.71. The molecule has 0 saturated carbocycles. The third kappa shape index (κ3) is 26.7. The van der Waals surface area contributed by atoms with Crippen molar-refractivity contribution in [1.82, 2.24) is 26.6 Å². The molecule has 0 aliphatic carbocycles. The smallest absolute Gasteiger partial charge is 0.217 e. The summed E-state index contributed by atoms with van der Waals surface area (Å²) in [6.07, 6.45) is -112. The highest BCUT2D eigenvalue weighted by Gasteiger charge is 2.64. The molecule has 12 fully saturated rings. The largest absolute Gasteiger partial charge is 0.394 e. The number of hydrogen-bond acceptors (Lipinski definition) is 60. The van der Waals surface area contributed by atoms with Crippen LogP contribution < -0.4 is 26.6 Å². The summed E-state index contributed by atoms with van der Waals surface area (Å²) in [7, 11) is 0. The Morgan fingerprint density at radius 2 is 0.401 bits per heavy atom.